The number of esters is 1. The van der Waals surface area contributed by atoms with E-state index < -0.39 is 59.6 Å². The molecule has 49 heavy (non-hydrogen) atoms. The van der Waals surface area contributed by atoms with Crippen molar-refractivity contribution in [1.82, 2.24) is 14.7 Å². The number of aliphatic hydroxyl groups excluding tert-OH is 1. The topological polar surface area (TPSA) is 117 Å². The highest BCUT2D eigenvalue weighted by atomic mass is 16.6. The number of cyclic esters (lactones) is 1. The molecule has 6 rings (SSSR count). The Kier molecular flexibility index (Phi) is 10.1. The van der Waals surface area contributed by atoms with Gasteiger partial charge in [0.05, 0.1) is 30.7 Å². The molecule has 2 saturated heterocycles. The summed E-state index contributed by atoms with van der Waals surface area (Å²) in [6.07, 6.45) is 6.62. The first kappa shape index (κ1) is 34.6. The summed E-state index contributed by atoms with van der Waals surface area (Å²) in [4.78, 5) is 62.2. The minimum atomic E-state index is -1.48. The molecule has 2 aromatic rings. The van der Waals surface area contributed by atoms with Gasteiger partial charge in [0.15, 0.2) is 0 Å². The SMILES string of the molecule is CC(C)C[C@H](CO)N1C(=O)[C@@H]2[C@H]3C(=O)O[C@H](c4ccccc4)[C@@H](C)N(C)C(=O)CC/C=C\[C@H]3O[C@@]23C=CCN(Cc2ccccc2)C(=O)[C@@H]13. The predicted octanol–water partition coefficient (Wildman–Crippen LogP) is 4.05. The number of benzene rings is 2. The molecule has 1 spiro atoms. The third-order valence-electron chi connectivity index (χ3n) is 10.5. The van der Waals surface area contributed by atoms with Gasteiger partial charge in [0.25, 0.3) is 0 Å². The van der Waals surface area contributed by atoms with Crippen molar-refractivity contribution in [3.63, 3.8) is 0 Å². The second kappa shape index (κ2) is 14.3. The maximum absolute atomic E-state index is 14.9. The van der Waals surface area contributed by atoms with Crippen molar-refractivity contribution in [2.45, 2.75) is 82.5 Å². The van der Waals surface area contributed by atoms with E-state index in [9.17, 15) is 24.3 Å². The minimum Gasteiger partial charge on any atom is -0.455 e. The molecule has 4 aliphatic heterocycles. The summed E-state index contributed by atoms with van der Waals surface area (Å²) in [5, 5.41) is 10.7. The van der Waals surface area contributed by atoms with Crippen LogP contribution in [0.2, 0.25) is 0 Å². The van der Waals surface area contributed by atoms with Gasteiger partial charge in [-0.1, -0.05) is 98.8 Å². The molecule has 260 valence electrons. The quantitative estimate of drug-likeness (QED) is 0.349. The number of carbonyl (C=O) groups is 4. The minimum absolute atomic E-state index is 0.0871. The molecule has 0 bridgehead atoms. The van der Waals surface area contributed by atoms with E-state index in [2.05, 4.69) is 0 Å². The van der Waals surface area contributed by atoms with Crippen LogP contribution in [0.15, 0.2) is 85.0 Å². The van der Waals surface area contributed by atoms with Crippen LogP contribution in [0.25, 0.3) is 0 Å². The number of ether oxygens (including phenoxy) is 2. The maximum atomic E-state index is 14.9. The molecule has 10 nitrogen and oxygen atoms in total. The standard InChI is InChI=1S/C39H47N3O7/c1-25(2)22-29(24-43)42-35-37(46)41(23-27-14-7-5-8-15-27)21-13-20-39(35)33(36(42)45)32-30(49-39)18-11-12-19-31(44)40(4)26(3)34(48-38(32)47)28-16-9-6-10-17-28/h5-11,13-18,20,25-26,29-30,32-35,43H,12,19,21-24H2,1-4H3/b18-11-/t26-,29-,30-,32+,33+,34+,35-,39+/m1/s1. The second-order valence-electron chi connectivity index (χ2n) is 14.1. The Morgan fingerprint density at radius 1 is 0.959 bits per heavy atom. The Balaban J connectivity index is 1.45. The van der Waals surface area contributed by atoms with E-state index in [1.165, 1.54) is 4.90 Å². The summed E-state index contributed by atoms with van der Waals surface area (Å²) >= 11 is 0. The van der Waals surface area contributed by atoms with Gasteiger partial charge < -0.3 is 29.3 Å². The van der Waals surface area contributed by atoms with Gasteiger partial charge >= 0.3 is 5.97 Å². The van der Waals surface area contributed by atoms with E-state index in [0.29, 0.717) is 19.4 Å². The van der Waals surface area contributed by atoms with Crippen LogP contribution in [0.5, 0.6) is 0 Å². The lowest BCUT2D eigenvalue weighted by Crippen LogP contribution is -2.58. The number of likely N-dealkylation sites (N-methyl/N-ethyl adjacent to an activating group) is 1. The van der Waals surface area contributed by atoms with Crippen LogP contribution in [0.4, 0.5) is 0 Å². The number of carbonyl (C=O) groups excluding carboxylic acids is 4. The molecule has 3 amide bonds. The zero-order chi connectivity index (χ0) is 34.9. The van der Waals surface area contributed by atoms with Gasteiger partial charge in [0, 0.05) is 26.6 Å². The fourth-order valence-electron chi connectivity index (χ4n) is 8.03. The van der Waals surface area contributed by atoms with E-state index in [1.54, 1.807) is 29.0 Å². The van der Waals surface area contributed by atoms with Crippen LogP contribution in [-0.2, 0) is 35.2 Å². The lowest BCUT2D eigenvalue weighted by Gasteiger charge is -2.39. The lowest BCUT2D eigenvalue weighted by atomic mass is 9.77. The first-order valence-electron chi connectivity index (χ1n) is 17.4. The van der Waals surface area contributed by atoms with Crippen molar-refractivity contribution >= 4 is 23.7 Å². The van der Waals surface area contributed by atoms with Crippen LogP contribution >= 0.6 is 0 Å². The summed E-state index contributed by atoms with van der Waals surface area (Å²) in [6, 6.07) is 16.7. The predicted molar refractivity (Wildman–Crippen MR) is 182 cm³/mol. The fraction of sp³-hybridized carbons (Fsp3) is 0.487. The Morgan fingerprint density at radius 2 is 1.65 bits per heavy atom. The summed E-state index contributed by atoms with van der Waals surface area (Å²) in [7, 11) is 1.71. The Bertz CT molecular complexity index is 1590. The molecule has 0 unspecified atom stereocenters. The number of hydrogen-bond donors (Lipinski definition) is 1. The Labute approximate surface area is 288 Å². The summed E-state index contributed by atoms with van der Waals surface area (Å²) in [5.74, 6) is -3.47. The van der Waals surface area contributed by atoms with Gasteiger partial charge in [-0.05, 0) is 36.8 Å². The van der Waals surface area contributed by atoms with Crippen molar-refractivity contribution in [1.29, 1.82) is 0 Å². The molecule has 0 aromatic heterocycles. The summed E-state index contributed by atoms with van der Waals surface area (Å²) < 4.78 is 13.2. The number of allylic oxidation sites excluding steroid dienone is 1. The molecule has 0 radical (unpaired) electrons. The van der Waals surface area contributed by atoms with Gasteiger partial charge in [-0.25, -0.2) is 0 Å². The first-order valence-corrected chi connectivity index (χ1v) is 17.4. The van der Waals surface area contributed by atoms with Crippen LogP contribution < -0.4 is 0 Å². The van der Waals surface area contributed by atoms with E-state index in [0.717, 1.165) is 11.1 Å². The molecule has 1 N–H and O–H groups in total. The number of fused-ring (bicyclic) bond motifs is 2. The number of nitrogens with zero attached hydrogens (tertiary/aromatic N) is 3. The maximum Gasteiger partial charge on any atom is 0.313 e. The van der Waals surface area contributed by atoms with E-state index in [-0.39, 0.29) is 37.3 Å². The summed E-state index contributed by atoms with van der Waals surface area (Å²) in [6.45, 7) is 6.12. The first-order chi connectivity index (χ1) is 23.6. The number of aliphatic hydroxyl groups is 1. The van der Waals surface area contributed by atoms with Gasteiger partial charge in [-0.3, -0.25) is 19.2 Å². The molecular formula is C39H47N3O7. The van der Waals surface area contributed by atoms with Gasteiger partial charge in [-0.2, -0.15) is 0 Å². The number of amides is 3. The Hall–Kier alpha value is -4.28. The van der Waals surface area contributed by atoms with Crippen molar-refractivity contribution in [3.05, 3.63) is 96.1 Å². The summed E-state index contributed by atoms with van der Waals surface area (Å²) in [5.41, 5.74) is 0.175. The molecule has 4 aliphatic rings. The fourth-order valence-corrected chi connectivity index (χ4v) is 8.03. The lowest BCUT2D eigenvalue weighted by molar-refractivity contribution is -0.164. The third-order valence-corrected chi connectivity index (χ3v) is 10.5. The van der Waals surface area contributed by atoms with Crippen LogP contribution in [-0.4, -0.2) is 93.5 Å². The van der Waals surface area contributed by atoms with Crippen LogP contribution in [0, 0.1) is 17.8 Å². The number of hydrogen-bond acceptors (Lipinski definition) is 7. The van der Waals surface area contributed by atoms with Crippen molar-refractivity contribution in [3.8, 4) is 0 Å². The highest BCUT2D eigenvalue weighted by Gasteiger charge is 2.72. The third kappa shape index (κ3) is 6.44. The molecule has 0 saturated carbocycles. The number of likely N-dealkylation sites (tertiary alicyclic amines) is 1. The van der Waals surface area contributed by atoms with Crippen molar-refractivity contribution in [2.75, 3.05) is 20.2 Å². The van der Waals surface area contributed by atoms with Crippen LogP contribution in [0.3, 0.4) is 0 Å². The largest absolute Gasteiger partial charge is 0.455 e. The second-order valence-corrected chi connectivity index (χ2v) is 14.1. The van der Waals surface area contributed by atoms with E-state index in [1.807, 2.05) is 93.6 Å². The zero-order valence-corrected chi connectivity index (χ0v) is 28.7. The normalized spacial score (nSPS) is 31.8. The average Bonchev–Trinajstić information content (AvgIpc) is 3.50. The monoisotopic (exact) mass is 669 g/mol. The van der Waals surface area contributed by atoms with E-state index in [4.69, 9.17) is 9.47 Å². The number of rotatable bonds is 7. The average molecular weight is 670 g/mol. The highest BCUT2D eigenvalue weighted by molar-refractivity contribution is 5.99. The molecule has 0 aliphatic carbocycles. The molecular weight excluding hydrogens is 622 g/mol. The van der Waals surface area contributed by atoms with E-state index >= 15 is 0 Å². The highest BCUT2D eigenvalue weighted by Crippen LogP contribution is 2.54. The molecule has 2 aromatic carbocycles. The molecule has 10 heteroatoms. The van der Waals surface area contributed by atoms with Crippen molar-refractivity contribution in [2.24, 2.45) is 17.8 Å². The Morgan fingerprint density at radius 3 is 2.33 bits per heavy atom. The molecule has 2 fully saturated rings. The van der Waals surface area contributed by atoms with Crippen molar-refractivity contribution < 1.29 is 33.8 Å². The molecule has 8 atom stereocenters. The zero-order valence-electron chi connectivity index (χ0n) is 28.7. The van der Waals surface area contributed by atoms with Gasteiger partial charge in [0.1, 0.15) is 23.7 Å². The van der Waals surface area contributed by atoms with Crippen LogP contribution in [0.1, 0.15) is 57.3 Å². The molecule has 4 heterocycles. The smallest absolute Gasteiger partial charge is 0.313 e. The van der Waals surface area contributed by atoms with Gasteiger partial charge in [-0.15, -0.1) is 0 Å². The van der Waals surface area contributed by atoms with Gasteiger partial charge in [0.2, 0.25) is 17.7 Å².